The van der Waals surface area contributed by atoms with Crippen LogP contribution < -0.4 is 10.1 Å². The van der Waals surface area contributed by atoms with Crippen LogP contribution in [0.5, 0.6) is 11.5 Å². The molecule has 2 N–H and O–H groups in total. The van der Waals surface area contributed by atoms with Gasteiger partial charge in [-0.25, -0.2) is 0 Å². The zero-order chi connectivity index (χ0) is 17.5. The van der Waals surface area contributed by atoms with Crippen LogP contribution in [-0.4, -0.2) is 18.1 Å². The number of aryl methyl sites for hydroxylation is 1. The molecule has 1 atom stereocenters. The van der Waals surface area contributed by atoms with Crippen LogP contribution in [0.15, 0.2) is 42.5 Å². The van der Waals surface area contributed by atoms with E-state index in [1.807, 2.05) is 30.3 Å². The number of nitrogens with zero attached hydrogens (tertiary/aromatic N) is 1. The predicted octanol–water partition coefficient (Wildman–Crippen LogP) is 3.28. The third-order valence-corrected chi connectivity index (χ3v) is 3.79. The fraction of sp³-hybridized carbons (Fsp3) is 0.263. The first kappa shape index (κ1) is 17.4. The van der Waals surface area contributed by atoms with Crippen LogP contribution in [0.4, 0.5) is 5.69 Å². The van der Waals surface area contributed by atoms with E-state index in [0.717, 1.165) is 12.0 Å². The Kier molecular flexibility index (Phi) is 5.80. The molecule has 2 aromatic carbocycles. The Morgan fingerprint density at radius 3 is 2.50 bits per heavy atom. The average Bonchev–Trinajstić information content (AvgIpc) is 2.61. The van der Waals surface area contributed by atoms with E-state index in [0.29, 0.717) is 11.4 Å². The van der Waals surface area contributed by atoms with E-state index in [4.69, 9.17) is 4.74 Å². The van der Waals surface area contributed by atoms with Gasteiger partial charge in [0.1, 0.15) is 5.92 Å². The molecule has 0 radical (unpaired) electrons. The second kappa shape index (κ2) is 8.02. The zero-order valence-corrected chi connectivity index (χ0v) is 13.7. The minimum absolute atomic E-state index is 0.0234. The van der Waals surface area contributed by atoms with Crippen LogP contribution in [0.25, 0.3) is 0 Å². The second-order valence-corrected chi connectivity index (χ2v) is 5.43. The van der Waals surface area contributed by atoms with Crippen molar-refractivity contribution in [3.05, 3.63) is 53.6 Å². The quantitative estimate of drug-likeness (QED) is 0.854. The topological polar surface area (TPSA) is 82.4 Å². The third kappa shape index (κ3) is 4.26. The SMILES string of the molecule is CCc1ccc(NC(=O)[C@@H](C#N)Cc2ccc(O)c(OC)c2)cc1. The molecular weight excluding hydrogens is 304 g/mol. The molecule has 124 valence electrons. The number of hydrogen-bond donors (Lipinski definition) is 2. The highest BCUT2D eigenvalue weighted by Crippen LogP contribution is 2.27. The standard InChI is InChI=1S/C19H20N2O3/c1-3-13-4-7-16(8-5-13)21-19(23)15(12-20)10-14-6-9-17(22)18(11-14)24-2/h4-9,11,15,22H,3,10H2,1-2H3,(H,21,23)/t15-/m1/s1. The monoisotopic (exact) mass is 324 g/mol. The van der Waals surface area contributed by atoms with Gasteiger partial charge in [-0.05, 0) is 48.2 Å². The molecule has 0 aromatic heterocycles. The second-order valence-electron chi connectivity index (χ2n) is 5.43. The maximum Gasteiger partial charge on any atom is 0.242 e. The first-order valence-electron chi connectivity index (χ1n) is 7.72. The van der Waals surface area contributed by atoms with E-state index < -0.39 is 5.92 Å². The number of carbonyl (C=O) groups excluding carboxylic acids is 1. The Labute approximate surface area is 141 Å². The molecule has 0 aliphatic carbocycles. The van der Waals surface area contributed by atoms with Gasteiger partial charge in [0, 0.05) is 5.69 Å². The minimum atomic E-state index is -0.829. The number of carbonyl (C=O) groups is 1. The van der Waals surface area contributed by atoms with Gasteiger partial charge in [-0.2, -0.15) is 5.26 Å². The van der Waals surface area contributed by atoms with E-state index >= 15 is 0 Å². The Morgan fingerprint density at radius 1 is 1.25 bits per heavy atom. The summed E-state index contributed by atoms with van der Waals surface area (Å²) in [6.45, 7) is 2.06. The van der Waals surface area contributed by atoms with E-state index in [1.165, 1.54) is 18.7 Å². The fourth-order valence-corrected chi connectivity index (χ4v) is 2.33. The smallest absolute Gasteiger partial charge is 0.242 e. The number of nitriles is 1. The Bertz CT molecular complexity index is 748. The summed E-state index contributed by atoms with van der Waals surface area (Å²) in [6, 6.07) is 14.4. The van der Waals surface area contributed by atoms with Crippen molar-refractivity contribution >= 4 is 11.6 Å². The molecule has 0 saturated carbocycles. The number of methoxy groups -OCH3 is 1. The average molecular weight is 324 g/mol. The molecule has 0 saturated heterocycles. The molecule has 0 aliphatic rings. The van der Waals surface area contributed by atoms with Crippen molar-refractivity contribution in [3.8, 4) is 17.6 Å². The van der Waals surface area contributed by atoms with Crippen molar-refractivity contribution in [1.82, 2.24) is 0 Å². The first-order chi connectivity index (χ1) is 11.6. The number of nitrogens with one attached hydrogen (secondary N) is 1. The summed E-state index contributed by atoms with van der Waals surface area (Å²) < 4.78 is 5.05. The van der Waals surface area contributed by atoms with Gasteiger partial charge >= 0.3 is 0 Å². The number of anilines is 1. The molecular formula is C19H20N2O3. The molecule has 5 nitrogen and oxygen atoms in total. The van der Waals surface area contributed by atoms with Crippen LogP contribution >= 0.6 is 0 Å². The molecule has 2 rings (SSSR count). The molecule has 2 aromatic rings. The van der Waals surface area contributed by atoms with Crippen LogP contribution in [0.1, 0.15) is 18.1 Å². The summed E-state index contributed by atoms with van der Waals surface area (Å²) in [5.41, 5.74) is 2.59. The molecule has 24 heavy (non-hydrogen) atoms. The lowest BCUT2D eigenvalue weighted by atomic mass is 9.99. The predicted molar refractivity (Wildman–Crippen MR) is 91.9 cm³/mol. The van der Waals surface area contributed by atoms with Crippen LogP contribution in [0.3, 0.4) is 0 Å². The van der Waals surface area contributed by atoms with Gasteiger partial charge in [0.2, 0.25) is 5.91 Å². The molecule has 0 heterocycles. The number of hydrogen-bond acceptors (Lipinski definition) is 4. The number of ether oxygens (including phenoxy) is 1. The van der Waals surface area contributed by atoms with Gasteiger partial charge in [-0.3, -0.25) is 4.79 Å². The van der Waals surface area contributed by atoms with Crippen LogP contribution in [0, 0.1) is 17.2 Å². The van der Waals surface area contributed by atoms with Crippen molar-refractivity contribution in [1.29, 1.82) is 5.26 Å². The van der Waals surface area contributed by atoms with Crippen LogP contribution in [0.2, 0.25) is 0 Å². The van der Waals surface area contributed by atoms with Crippen molar-refractivity contribution < 1.29 is 14.6 Å². The number of benzene rings is 2. The normalized spacial score (nSPS) is 11.4. The van der Waals surface area contributed by atoms with Crippen LogP contribution in [-0.2, 0) is 17.6 Å². The third-order valence-electron chi connectivity index (χ3n) is 3.79. The van der Waals surface area contributed by atoms with Gasteiger partial charge in [0.15, 0.2) is 11.5 Å². The summed E-state index contributed by atoms with van der Waals surface area (Å²) in [5.74, 6) is -0.839. The molecule has 0 unspecified atom stereocenters. The summed E-state index contributed by atoms with van der Waals surface area (Å²) in [6.07, 6.45) is 1.17. The van der Waals surface area contributed by atoms with Crippen molar-refractivity contribution in [2.24, 2.45) is 5.92 Å². The van der Waals surface area contributed by atoms with Gasteiger partial charge in [0.05, 0.1) is 13.2 Å². The summed E-state index contributed by atoms with van der Waals surface area (Å²) in [7, 11) is 1.45. The molecule has 0 aliphatic heterocycles. The summed E-state index contributed by atoms with van der Waals surface area (Å²) >= 11 is 0. The highest BCUT2D eigenvalue weighted by atomic mass is 16.5. The van der Waals surface area contributed by atoms with Crippen molar-refractivity contribution in [2.45, 2.75) is 19.8 Å². The summed E-state index contributed by atoms with van der Waals surface area (Å²) in [5, 5.41) is 21.7. The van der Waals surface area contributed by atoms with Gasteiger partial charge in [0.25, 0.3) is 0 Å². The highest BCUT2D eigenvalue weighted by Gasteiger charge is 2.19. The lowest BCUT2D eigenvalue weighted by Crippen LogP contribution is -2.23. The van der Waals surface area contributed by atoms with E-state index in [2.05, 4.69) is 12.2 Å². The first-order valence-corrected chi connectivity index (χ1v) is 7.72. The largest absolute Gasteiger partial charge is 0.504 e. The minimum Gasteiger partial charge on any atom is -0.504 e. The van der Waals surface area contributed by atoms with Gasteiger partial charge in [-0.1, -0.05) is 25.1 Å². The molecule has 5 heteroatoms. The van der Waals surface area contributed by atoms with Crippen molar-refractivity contribution in [3.63, 3.8) is 0 Å². The van der Waals surface area contributed by atoms with Gasteiger partial charge in [-0.15, -0.1) is 0 Å². The lowest BCUT2D eigenvalue weighted by Gasteiger charge is -2.12. The van der Waals surface area contributed by atoms with E-state index in [-0.39, 0.29) is 18.1 Å². The van der Waals surface area contributed by atoms with E-state index in [1.54, 1.807) is 12.1 Å². The van der Waals surface area contributed by atoms with E-state index in [9.17, 15) is 15.2 Å². The van der Waals surface area contributed by atoms with Crippen molar-refractivity contribution in [2.75, 3.05) is 12.4 Å². The number of phenolic OH excluding ortho intramolecular Hbond substituents is 1. The zero-order valence-electron chi connectivity index (χ0n) is 13.7. The maximum absolute atomic E-state index is 12.3. The Hall–Kier alpha value is -3.00. The number of rotatable bonds is 6. The molecule has 0 spiro atoms. The maximum atomic E-state index is 12.3. The Balaban J connectivity index is 2.07. The number of aromatic hydroxyl groups is 1. The summed E-state index contributed by atoms with van der Waals surface area (Å²) in [4.78, 5) is 12.3. The molecule has 0 fully saturated rings. The van der Waals surface area contributed by atoms with Gasteiger partial charge < -0.3 is 15.2 Å². The highest BCUT2D eigenvalue weighted by molar-refractivity contribution is 5.94. The fourth-order valence-electron chi connectivity index (χ4n) is 2.33. The lowest BCUT2D eigenvalue weighted by molar-refractivity contribution is -0.118. The Morgan fingerprint density at radius 2 is 1.92 bits per heavy atom. The molecule has 0 bridgehead atoms. The molecule has 1 amide bonds. The number of amides is 1. The number of phenols is 1.